The van der Waals surface area contributed by atoms with Gasteiger partial charge in [-0.25, -0.2) is 17.5 Å². The van der Waals surface area contributed by atoms with E-state index in [4.69, 9.17) is 0 Å². The number of rotatable bonds is 4. The van der Waals surface area contributed by atoms with E-state index in [9.17, 15) is 32.0 Å². The lowest BCUT2D eigenvalue weighted by Gasteiger charge is -2.33. The molecule has 4 aliphatic rings. The normalized spacial score (nSPS) is 39.4. The zero-order chi connectivity index (χ0) is 22.5. The van der Waals surface area contributed by atoms with Gasteiger partial charge < -0.3 is 0 Å². The number of piperidine rings is 1. The highest BCUT2D eigenvalue weighted by atomic mass is 32.2. The van der Waals surface area contributed by atoms with Crippen molar-refractivity contribution in [3.05, 3.63) is 0 Å². The van der Waals surface area contributed by atoms with Gasteiger partial charge in [0.1, 0.15) is 17.5 Å². The molecule has 0 aromatic heterocycles. The standard InChI is InChI=1S/C20H28FN3O6S/c1-10-2-5-14(21)16(8-10)31(29,30)23-11-3-4-12-13(9-11)20(28)24(19(12)27)15-6-7-17(25)22-18(15)26/h10-16,23H,2-9H2,1H3,(H,22,25,26). The van der Waals surface area contributed by atoms with Gasteiger partial charge in [-0.05, 0) is 50.9 Å². The maximum atomic E-state index is 14.3. The summed E-state index contributed by atoms with van der Waals surface area (Å²) in [4.78, 5) is 50.4. The molecule has 0 radical (unpaired) electrons. The predicted molar refractivity (Wildman–Crippen MR) is 106 cm³/mol. The Morgan fingerprint density at radius 2 is 1.68 bits per heavy atom. The van der Waals surface area contributed by atoms with Crippen molar-refractivity contribution in [2.24, 2.45) is 17.8 Å². The Hall–Kier alpha value is -1.88. The number of hydrogen-bond acceptors (Lipinski definition) is 6. The quantitative estimate of drug-likeness (QED) is 0.588. The van der Waals surface area contributed by atoms with Crippen LogP contribution in [0, 0.1) is 17.8 Å². The van der Waals surface area contributed by atoms with Crippen molar-refractivity contribution < 1.29 is 32.0 Å². The summed E-state index contributed by atoms with van der Waals surface area (Å²) in [7, 11) is -3.91. The Morgan fingerprint density at radius 3 is 2.39 bits per heavy atom. The molecule has 0 aromatic carbocycles. The number of fused-ring (bicyclic) bond motifs is 1. The SMILES string of the molecule is CC1CCC(F)C(S(=O)(=O)NC2CCC3C(=O)N(C4CCC(=O)NC4=O)C(=O)C3C2)C1. The van der Waals surface area contributed by atoms with Crippen LogP contribution in [0.1, 0.15) is 58.3 Å². The van der Waals surface area contributed by atoms with Gasteiger partial charge >= 0.3 is 0 Å². The lowest BCUT2D eigenvalue weighted by atomic mass is 9.79. The second kappa shape index (κ2) is 8.23. The van der Waals surface area contributed by atoms with Crippen LogP contribution in [0.4, 0.5) is 4.39 Å². The van der Waals surface area contributed by atoms with Crippen LogP contribution in [0.5, 0.6) is 0 Å². The smallest absolute Gasteiger partial charge is 0.249 e. The number of carbonyl (C=O) groups is 4. The molecule has 11 heteroatoms. The van der Waals surface area contributed by atoms with Crippen molar-refractivity contribution in [1.29, 1.82) is 0 Å². The first-order valence-electron chi connectivity index (χ1n) is 10.9. The van der Waals surface area contributed by atoms with Gasteiger partial charge in [0.05, 0.1) is 11.8 Å². The van der Waals surface area contributed by atoms with E-state index < -0.39 is 69.0 Å². The van der Waals surface area contributed by atoms with Crippen molar-refractivity contribution >= 4 is 33.7 Å². The van der Waals surface area contributed by atoms with Crippen molar-refractivity contribution in [3.63, 3.8) is 0 Å². The molecular weight excluding hydrogens is 429 g/mol. The summed E-state index contributed by atoms with van der Waals surface area (Å²) in [6, 6.07) is -1.57. The Balaban J connectivity index is 1.45. The number of imide groups is 2. The summed E-state index contributed by atoms with van der Waals surface area (Å²) >= 11 is 0. The van der Waals surface area contributed by atoms with E-state index in [2.05, 4.69) is 10.0 Å². The number of hydrogen-bond donors (Lipinski definition) is 2. The number of sulfonamides is 1. The highest BCUT2D eigenvalue weighted by molar-refractivity contribution is 7.90. The number of alkyl halides is 1. The van der Waals surface area contributed by atoms with E-state index in [-0.39, 0.29) is 38.0 Å². The fraction of sp³-hybridized carbons (Fsp3) is 0.800. The van der Waals surface area contributed by atoms with E-state index in [1.165, 1.54) is 0 Å². The van der Waals surface area contributed by atoms with E-state index in [1.807, 2.05) is 6.92 Å². The maximum Gasteiger partial charge on any atom is 0.249 e. The van der Waals surface area contributed by atoms with Crippen LogP contribution >= 0.6 is 0 Å². The molecule has 4 fully saturated rings. The summed E-state index contributed by atoms with van der Waals surface area (Å²) in [6.45, 7) is 1.91. The Labute approximate surface area is 180 Å². The summed E-state index contributed by atoms with van der Waals surface area (Å²) in [5, 5.41) is 1.06. The van der Waals surface area contributed by atoms with Crippen LogP contribution < -0.4 is 10.0 Å². The minimum atomic E-state index is -3.91. The number of amides is 4. The van der Waals surface area contributed by atoms with Crippen LogP contribution in [0.25, 0.3) is 0 Å². The van der Waals surface area contributed by atoms with Crippen molar-refractivity contribution in [3.8, 4) is 0 Å². The van der Waals surface area contributed by atoms with E-state index in [0.29, 0.717) is 19.3 Å². The molecule has 0 aromatic rings. The lowest BCUT2D eigenvalue weighted by Crippen LogP contribution is -2.54. The summed E-state index contributed by atoms with van der Waals surface area (Å²) in [5.74, 6) is -3.21. The highest BCUT2D eigenvalue weighted by Gasteiger charge is 2.54. The number of nitrogens with zero attached hydrogens (tertiary/aromatic N) is 1. The summed E-state index contributed by atoms with van der Waals surface area (Å²) in [5.41, 5.74) is 0. The van der Waals surface area contributed by atoms with E-state index in [1.54, 1.807) is 0 Å². The lowest BCUT2D eigenvalue weighted by molar-refractivity contribution is -0.151. The fourth-order valence-electron chi connectivity index (χ4n) is 5.48. The largest absolute Gasteiger partial charge is 0.295 e. The monoisotopic (exact) mass is 457 g/mol. The molecule has 2 N–H and O–H groups in total. The molecule has 2 heterocycles. The van der Waals surface area contributed by atoms with Gasteiger partial charge in [-0.15, -0.1) is 0 Å². The van der Waals surface area contributed by atoms with Gasteiger partial charge in [0.15, 0.2) is 0 Å². The highest BCUT2D eigenvalue weighted by Crippen LogP contribution is 2.40. The zero-order valence-corrected chi connectivity index (χ0v) is 18.2. The van der Waals surface area contributed by atoms with Crippen molar-refractivity contribution in [2.75, 3.05) is 0 Å². The molecule has 7 atom stereocenters. The molecule has 2 saturated carbocycles. The molecule has 2 saturated heterocycles. The van der Waals surface area contributed by atoms with E-state index >= 15 is 0 Å². The van der Waals surface area contributed by atoms with E-state index in [0.717, 1.165) is 4.90 Å². The Morgan fingerprint density at radius 1 is 0.968 bits per heavy atom. The third-order valence-electron chi connectivity index (χ3n) is 7.18. The molecule has 4 amide bonds. The van der Waals surface area contributed by atoms with Crippen LogP contribution in [-0.4, -0.2) is 60.5 Å². The molecular formula is C20H28FN3O6S. The third kappa shape index (κ3) is 4.13. The average molecular weight is 458 g/mol. The first-order chi connectivity index (χ1) is 14.6. The van der Waals surface area contributed by atoms with Crippen molar-refractivity contribution in [2.45, 2.75) is 81.8 Å². The van der Waals surface area contributed by atoms with Gasteiger partial charge in [0, 0.05) is 12.5 Å². The first kappa shape index (κ1) is 22.3. The third-order valence-corrected chi connectivity index (χ3v) is 9.13. The van der Waals surface area contributed by atoms with Gasteiger partial charge in [-0.3, -0.25) is 29.4 Å². The number of nitrogens with one attached hydrogen (secondary N) is 2. The first-order valence-corrected chi connectivity index (χ1v) is 12.5. The molecule has 9 nitrogen and oxygen atoms in total. The van der Waals surface area contributed by atoms with Gasteiger partial charge in [-0.1, -0.05) is 6.92 Å². The minimum absolute atomic E-state index is 0.0510. The summed E-state index contributed by atoms with van der Waals surface area (Å²) in [6.07, 6.45) is 0.679. The molecule has 2 aliphatic carbocycles. The van der Waals surface area contributed by atoms with Crippen molar-refractivity contribution in [1.82, 2.24) is 14.9 Å². The van der Waals surface area contributed by atoms with Crippen LogP contribution in [0.2, 0.25) is 0 Å². The summed E-state index contributed by atoms with van der Waals surface area (Å²) < 4.78 is 42.6. The van der Waals surface area contributed by atoms with Crippen LogP contribution in [-0.2, 0) is 29.2 Å². The van der Waals surface area contributed by atoms with Gasteiger partial charge in [0.25, 0.3) is 0 Å². The second-order valence-corrected chi connectivity index (χ2v) is 11.3. The Kier molecular flexibility index (Phi) is 5.93. The second-order valence-electron chi connectivity index (χ2n) is 9.37. The molecule has 4 rings (SSSR count). The fourth-order valence-corrected chi connectivity index (χ4v) is 7.44. The number of halogens is 1. The predicted octanol–water partition coefficient (Wildman–Crippen LogP) is 0.391. The van der Waals surface area contributed by atoms with Crippen LogP contribution in [0.15, 0.2) is 0 Å². The Bertz CT molecular complexity index is 909. The van der Waals surface area contributed by atoms with Gasteiger partial charge in [-0.2, -0.15) is 0 Å². The number of carbonyl (C=O) groups excluding carboxylic acids is 4. The zero-order valence-electron chi connectivity index (χ0n) is 17.4. The molecule has 31 heavy (non-hydrogen) atoms. The topological polar surface area (TPSA) is 130 Å². The molecule has 2 aliphatic heterocycles. The van der Waals surface area contributed by atoms with Crippen LogP contribution in [0.3, 0.4) is 0 Å². The maximum absolute atomic E-state index is 14.3. The minimum Gasteiger partial charge on any atom is -0.295 e. The average Bonchev–Trinajstić information content (AvgIpc) is 2.94. The molecule has 7 unspecified atom stereocenters. The van der Waals surface area contributed by atoms with Gasteiger partial charge in [0.2, 0.25) is 33.7 Å². The molecule has 0 spiro atoms. The molecule has 172 valence electrons. The number of likely N-dealkylation sites (tertiary alicyclic amines) is 1. The molecule has 0 bridgehead atoms.